The Morgan fingerprint density at radius 3 is 2.88 bits per heavy atom. The van der Waals surface area contributed by atoms with Crippen LogP contribution >= 0.6 is 0 Å². The first kappa shape index (κ1) is 6.01. The van der Waals surface area contributed by atoms with Crippen molar-refractivity contribution in [2.75, 3.05) is 13.1 Å². The van der Waals surface area contributed by atoms with Crippen molar-refractivity contribution in [3.8, 4) is 0 Å². The van der Waals surface area contributed by atoms with E-state index in [1.54, 1.807) is 0 Å². The highest BCUT2D eigenvalue weighted by Gasteiger charge is 2.08. The fraction of sp³-hybridized carbons (Fsp3) is 1.00. The molecule has 0 spiro atoms. The lowest BCUT2D eigenvalue weighted by molar-refractivity contribution is 0.396. The third-order valence-corrected chi connectivity index (χ3v) is 1.53. The molecular weight excluding hydrogens is 102 g/mol. The maximum absolute atomic E-state index is 5.21. The summed E-state index contributed by atoms with van der Waals surface area (Å²) >= 11 is 0. The zero-order valence-electron chi connectivity index (χ0n) is 4.98. The van der Waals surface area contributed by atoms with E-state index in [-0.39, 0.29) is 0 Å². The van der Waals surface area contributed by atoms with Crippen molar-refractivity contribution >= 4 is 0 Å². The Hall–Kier alpha value is -0.120. The van der Waals surface area contributed by atoms with E-state index in [2.05, 4.69) is 10.7 Å². The molecule has 0 amide bonds. The molecule has 1 rings (SSSR count). The van der Waals surface area contributed by atoms with E-state index in [0.29, 0.717) is 6.04 Å². The second-order valence-electron chi connectivity index (χ2n) is 2.21. The lowest BCUT2D eigenvalue weighted by Crippen LogP contribution is -2.46. The molecule has 0 radical (unpaired) electrons. The number of nitrogens with two attached hydrogens (primary N) is 1. The molecule has 1 atom stereocenters. The molecule has 0 saturated carbocycles. The van der Waals surface area contributed by atoms with Crippen LogP contribution < -0.4 is 16.6 Å². The van der Waals surface area contributed by atoms with Gasteiger partial charge in [0.15, 0.2) is 0 Å². The van der Waals surface area contributed by atoms with Gasteiger partial charge >= 0.3 is 0 Å². The molecule has 0 aromatic carbocycles. The molecule has 1 unspecified atom stereocenters. The van der Waals surface area contributed by atoms with Gasteiger partial charge in [-0.2, -0.15) is 0 Å². The smallest absolute Gasteiger partial charge is 0.0335 e. The summed E-state index contributed by atoms with van der Waals surface area (Å²) in [5.41, 5.74) is 2.74. The number of rotatable bonds is 1. The Balaban J connectivity index is 2.13. The SMILES string of the molecule is NNC1CCCNC1. The fourth-order valence-electron chi connectivity index (χ4n) is 0.994. The summed E-state index contributed by atoms with van der Waals surface area (Å²) in [5.74, 6) is 5.21. The van der Waals surface area contributed by atoms with Crippen molar-refractivity contribution < 1.29 is 0 Å². The third-order valence-electron chi connectivity index (χ3n) is 1.53. The Morgan fingerprint density at radius 2 is 2.50 bits per heavy atom. The van der Waals surface area contributed by atoms with Gasteiger partial charge in [-0.1, -0.05) is 0 Å². The van der Waals surface area contributed by atoms with Gasteiger partial charge in [0.25, 0.3) is 0 Å². The predicted molar refractivity (Wildman–Crippen MR) is 33.2 cm³/mol. The van der Waals surface area contributed by atoms with E-state index < -0.39 is 0 Å². The van der Waals surface area contributed by atoms with Gasteiger partial charge in [-0.3, -0.25) is 11.3 Å². The molecule has 8 heavy (non-hydrogen) atoms. The van der Waals surface area contributed by atoms with Crippen LogP contribution in [0.4, 0.5) is 0 Å². The Labute approximate surface area is 49.6 Å². The first-order valence-corrected chi connectivity index (χ1v) is 3.10. The van der Waals surface area contributed by atoms with Crippen LogP contribution in [0.5, 0.6) is 0 Å². The highest BCUT2D eigenvalue weighted by Crippen LogP contribution is 1.98. The quantitative estimate of drug-likeness (QED) is 0.310. The fourth-order valence-corrected chi connectivity index (χ4v) is 0.994. The van der Waals surface area contributed by atoms with Gasteiger partial charge in [0.2, 0.25) is 0 Å². The van der Waals surface area contributed by atoms with Crippen LogP contribution in [0.2, 0.25) is 0 Å². The molecule has 3 heteroatoms. The molecule has 1 aliphatic heterocycles. The molecule has 0 aliphatic carbocycles. The summed E-state index contributed by atoms with van der Waals surface area (Å²) in [5, 5.41) is 3.24. The van der Waals surface area contributed by atoms with Gasteiger partial charge in [0.1, 0.15) is 0 Å². The normalized spacial score (nSPS) is 30.4. The molecule has 48 valence electrons. The number of piperidine rings is 1. The van der Waals surface area contributed by atoms with Crippen molar-refractivity contribution in [1.82, 2.24) is 10.7 Å². The minimum atomic E-state index is 0.503. The summed E-state index contributed by atoms with van der Waals surface area (Å²) in [4.78, 5) is 0. The van der Waals surface area contributed by atoms with Crippen LogP contribution in [0.1, 0.15) is 12.8 Å². The van der Waals surface area contributed by atoms with E-state index in [1.807, 2.05) is 0 Å². The monoisotopic (exact) mass is 115 g/mol. The van der Waals surface area contributed by atoms with Crippen molar-refractivity contribution in [1.29, 1.82) is 0 Å². The number of hydrogen-bond acceptors (Lipinski definition) is 3. The first-order valence-electron chi connectivity index (χ1n) is 3.10. The van der Waals surface area contributed by atoms with Crippen LogP contribution in [-0.2, 0) is 0 Å². The van der Waals surface area contributed by atoms with Crippen LogP contribution in [0.3, 0.4) is 0 Å². The second kappa shape index (κ2) is 3.02. The number of nitrogens with one attached hydrogen (secondary N) is 2. The van der Waals surface area contributed by atoms with Crippen LogP contribution in [0.15, 0.2) is 0 Å². The van der Waals surface area contributed by atoms with E-state index >= 15 is 0 Å². The highest BCUT2D eigenvalue weighted by molar-refractivity contribution is 4.71. The minimum Gasteiger partial charge on any atom is -0.315 e. The third kappa shape index (κ3) is 1.43. The maximum Gasteiger partial charge on any atom is 0.0335 e. The zero-order chi connectivity index (χ0) is 5.82. The van der Waals surface area contributed by atoms with Gasteiger partial charge < -0.3 is 5.32 Å². The van der Waals surface area contributed by atoms with E-state index in [4.69, 9.17) is 5.84 Å². The highest BCUT2D eigenvalue weighted by atomic mass is 15.2. The van der Waals surface area contributed by atoms with Crippen LogP contribution in [0, 0.1) is 0 Å². The molecule has 1 fully saturated rings. The number of hydrogen-bond donors (Lipinski definition) is 3. The van der Waals surface area contributed by atoms with E-state index in [1.165, 1.54) is 12.8 Å². The van der Waals surface area contributed by atoms with Gasteiger partial charge in [-0.15, -0.1) is 0 Å². The summed E-state index contributed by atoms with van der Waals surface area (Å²) < 4.78 is 0. The topological polar surface area (TPSA) is 50.1 Å². The molecule has 4 N–H and O–H groups in total. The lowest BCUT2D eigenvalue weighted by Gasteiger charge is -2.21. The van der Waals surface area contributed by atoms with Gasteiger partial charge in [0.05, 0.1) is 0 Å². The van der Waals surface area contributed by atoms with Crippen molar-refractivity contribution in [2.45, 2.75) is 18.9 Å². The summed E-state index contributed by atoms with van der Waals surface area (Å²) in [6, 6.07) is 0.503. The molecule has 3 nitrogen and oxygen atoms in total. The zero-order valence-corrected chi connectivity index (χ0v) is 4.98. The van der Waals surface area contributed by atoms with Gasteiger partial charge in [-0.25, -0.2) is 0 Å². The van der Waals surface area contributed by atoms with Crippen molar-refractivity contribution in [3.63, 3.8) is 0 Å². The average molecular weight is 115 g/mol. The van der Waals surface area contributed by atoms with Gasteiger partial charge in [-0.05, 0) is 19.4 Å². The van der Waals surface area contributed by atoms with E-state index in [9.17, 15) is 0 Å². The first-order chi connectivity index (χ1) is 3.93. The van der Waals surface area contributed by atoms with Crippen LogP contribution in [-0.4, -0.2) is 19.1 Å². The standard InChI is InChI=1S/C5H13N3/c6-8-5-2-1-3-7-4-5/h5,7-8H,1-4,6H2. The lowest BCUT2D eigenvalue weighted by atomic mass is 10.1. The molecule has 1 aliphatic rings. The van der Waals surface area contributed by atoms with Gasteiger partial charge in [0, 0.05) is 12.6 Å². The Kier molecular flexibility index (Phi) is 2.27. The largest absolute Gasteiger partial charge is 0.315 e. The second-order valence-corrected chi connectivity index (χ2v) is 2.21. The molecule has 0 bridgehead atoms. The summed E-state index contributed by atoms with van der Waals surface area (Å²) in [6.45, 7) is 2.18. The molecule has 1 heterocycles. The number of hydrazine groups is 1. The maximum atomic E-state index is 5.21. The minimum absolute atomic E-state index is 0.503. The molecule has 0 aromatic heterocycles. The van der Waals surface area contributed by atoms with Crippen LogP contribution in [0.25, 0.3) is 0 Å². The molecule has 1 saturated heterocycles. The van der Waals surface area contributed by atoms with Crippen molar-refractivity contribution in [3.05, 3.63) is 0 Å². The summed E-state index contributed by atoms with van der Waals surface area (Å²) in [7, 11) is 0. The summed E-state index contributed by atoms with van der Waals surface area (Å²) in [6.07, 6.45) is 2.46. The average Bonchev–Trinajstić information content (AvgIpc) is 1.90. The Morgan fingerprint density at radius 1 is 1.62 bits per heavy atom. The predicted octanol–water partition coefficient (Wildman–Crippen LogP) is -0.798. The molecular formula is C5H13N3. The van der Waals surface area contributed by atoms with Crippen molar-refractivity contribution in [2.24, 2.45) is 5.84 Å². The Bertz CT molecular complexity index is 58.7. The molecule has 0 aromatic rings. The van der Waals surface area contributed by atoms with E-state index in [0.717, 1.165) is 13.1 Å².